The van der Waals surface area contributed by atoms with Crippen LogP contribution >= 0.6 is 11.3 Å². The van der Waals surface area contributed by atoms with Gasteiger partial charge in [0.1, 0.15) is 16.3 Å². The molecule has 0 radical (unpaired) electrons. The second-order valence-electron chi connectivity index (χ2n) is 7.88. The molecule has 31 heavy (non-hydrogen) atoms. The number of rotatable bonds is 4. The lowest BCUT2D eigenvalue weighted by Gasteiger charge is -2.36. The van der Waals surface area contributed by atoms with Gasteiger partial charge in [-0.1, -0.05) is 42.5 Å². The molecule has 4 aromatic rings. The first-order valence-electron chi connectivity index (χ1n) is 10.3. The molecule has 2 atom stereocenters. The Morgan fingerprint density at radius 3 is 2.71 bits per heavy atom. The summed E-state index contributed by atoms with van der Waals surface area (Å²) < 4.78 is 20.0. The maximum Gasteiger partial charge on any atom is 0.268 e. The van der Waals surface area contributed by atoms with Gasteiger partial charge in [0.2, 0.25) is 0 Å². The predicted octanol–water partition coefficient (Wildman–Crippen LogP) is 4.75. The Bertz CT molecular complexity index is 1250. The number of fused-ring (bicyclic) bond motifs is 1. The first-order valence-corrected chi connectivity index (χ1v) is 11.1. The van der Waals surface area contributed by atoms with Gasteiger partial charge < -0.3 is 9.72 Å². The highest BCUT2D eigenvalue weighted by molar-refractivity contribution is 7.22. The number of morpholine rings is 1. The van der Waals surface area contributed by atoms with E-state index < -0.39 is 0 Å². The van der Waals surface area contributed by atoms with Crippen LogP contribution in [0.4, 0.5) is 4.39 Å². The standard InChI is InChI=1S/C24H22FN3O2S/c1-15-12-28(13-20(30-15)16-5-3-2-4-6-16)14-22-26-19-11-21(31-23(19)24(29)27-22)17-7-9-18(25)10-8-17/h2-11,15,20H,12-14H2,1H3,(H,26,27,29). The number of halogens is 1. The predicted molar refractivity (Wildman–Crippen MR) is 121 cm³/mol. The van der Waals surface area contributed by atoms with Crippen LogP contribution in [0.2, 0.25) is 0 Å². The second-order valence-corrected chi connectivity index (χ2v) is 8.94. The molecule has 1 fully saturated rings. The Kier molecular flexibility index (Phi) is 5.40. The van der Waals surface area contributed by atoms with E-state index in [2.05, 4.69) is 28.9 Å². The molecule has 0 aliphatic carbocycles. The summed E-state index contributed by atoms with van der Waals surface area (Å²) in [6.07, 6.45) is 0.0762. The van der Waals surface area contributed by atoms with Crippen LogP contribution in [-0.4, -0.2) is 34.1 Å². The van der Waals surface area contributed by atoms with E-state index in [1.807, 2.05) is 24.3 Å². The van der Waals surface area contributed by atoms with Crippen molar-refractivity contribution in [2.45, 2.75) is 25.7 Å². The molecular formula is C24H22FN3O2S. The number of hydrogen-bond donors (Lipinski definition) is 1. The molecule has 2 aromatic heterocycles. The van der Waals surface area contributed by atoms with Crippen molar-refractivity contribution in [2.75, 3.05) is 13.1 Å². The quantitative estimate of drug-likeness (QED) is 0.503. The largest absolute Gasteiger partial charge is 0.368 e. The highest BCUT2D eigenvalue weighted by Gasteiger charge is 2.27. The molecule has 2 aromatic carbocycles. The number of nitrogens with zero attached hydrogens (tertiary/aromatic N) is 2. The van der Waals surface area contributed by atoms with Crippen molar-refractivity contribution >= 4 is 21.6 Å². The number of hydrogen-bond acceptors (Lipinski definition) is 5. The van der Waals surface area contributed by atoms with Crippen molar-refractivity contribution in [1.29, 1.82) is 0 Å². The number of nitrogens with one attached hydrogen (secondary N) is 1. The Hall–Kier alpha value is -2.87. The summed E-state index contributed by atoms with van der Waals surface area (Å²) in [5.74, 6) is 0.360. The number of H-pyrrole nitrogens is 1. The van der Waals surface area contributed by atoms with Gasteiger partial charge in [0.15, 0.2) is 0 Å². The summed E-state index contributed by atoms with van der Waals surface area (Å²) in [5, 5.41) is 0. The van der Waals surface area contributed by atoms with E-state index in [9.17, 15) is 9.18 Å². The zero-order valence-electron chi connectivity index (χ0n) is 17.0. The normalized spacial score (nSPS) is 19.7. The van der Waals surface area contributed by atoms with Crippen molar-refractivity contribution in [2.24, 2.45) is 0 Å². The van der Waals surface area contributed by atoms with Gasteiger partial charge in [-0.15, -0.1) is 11.3 Å². The molecule has 3 heterocycles. The second kappa shape index (κ2) is 8.34. The summed E-state index contributed by atoms with van der Waals surface area (Å²) in [5.41, 5.74) is 2.55. The minimum absolute atomic E-state index is 0.00775. The summed E-state index contributed by atoms with van der Waals surface area (Å²) in [6, 6.07) is 18.4. The number of ether oxygens (including phenoxy) is 1. The molecule has 1 aliphatic rings. The third kappa shape index (κ3) is 4.30. The molecule has 0 amide bonds. The third-order valence-corrected chi connectivity index (χ3v) is 6.61. The van der Waals surface area contributed by atoms with Gasteiger partial charge in [0.25, 0.3) is 5.56 Å². The molecule has 5 nitrogen and oxygen atoms in total. The van der Waals surface area contributed by atoms with Gasteiger partial charge in [-0.3, -0.25) is 9.69 Å². The van der Waals surface area contributed by atoms with E-state index in [4.69, 9.17) is 9.72 Å². The van der Waals surface area contributed by atoms with Crippen LogP contribution in [0.1, 0.15) is 24.4 Å². The van der Waals surface area contributed by atoms with Crippen LogP contribution in [-0.2, 0) is 11.3 Å². The van der Waals surface area contributed by atoms with Crippen LogP contribution < -0.4 is 5.56 Å². The molecule has 1 saturated heterocycles. The van der Waals surface area contributed by atoms with Gasteiger partial charge in [0.05, 0.1) is 24.3 Å². The Balaban J connectivity index is 1.40. The van der Waals surface area contributed by atoms with Gasteiger partial charge in [0, 0.05) is 18.0 Å². The zero-order chi connectivity index (χ0) is 21.4. The molecule has 2 unspecified atom stereocenters. The molecule has 0 bridgehead atoms. The SMILES string of the molecule is CC1CN(Cc2nc3cc(-c4ccc(F)cc4)sc3c(=O)[nH]2)CC(c2ccccc2)O1. The summed E-state index contributed by atoms with van der Waals surface area (Å²) >= 11 is 1.37. The first kappa shape index (κ1) is 20.1. The fourth-order valence-corrected chi connectivity index (χ4v) is 5.05. The summed E-state index contributed by atoms with van der Waals surface area (Å²) in [7, 11) is 0. The average molecular weight is 436 g/mol. The Labute approximate surface area is 183 Å². The van der Waals surface area contributed by atoms with E-state index >= 15 is 0 Å². The average Bonchev–Trinajstić information content (AvgIpc) is 3.19. The van der Waals surface area contributed by atoms with E-state index in [-0.39, 0.29) is 23.6 Å². The van der Waals surface area contributed by atoms with Crippen molar-refractivity contribution in [3.8, 4) is 10.4 Å². The third-order valence-electron chi connectivity index (χ3n) is 5.44. The maximum absolute atomic E-state index is 13.2. The fourth-order valence-electron chi connectivity index (χ4n) is 4.05. The lowest BCUT2D eigenvalue weighted by Crippen LogP contribution is -2.42. The lowest BCUT2D eigenvalue weighted by atomic mass is 10.1. The van der Waals surface area contributed by atoms with E-state index in [0.29, 0.717) is 22.6 Å². The number of aromatic nitrogens is 2. The highest BCUT2D eigenvalue weighted by Crippen LogP contribution is 2.31. The van der Waals surface area contributed by atoms with Crippen LogP contribution in [0.5, 0.6) is 0 Å². The van der Waals surface area contributed by atoms with Crippen LogP contribution in [0.25, 0.3) is 20.7 Å². The van der Waals surface area contributed by atoms with Gasteiger partial charge in [-0.05, 0) is 36.2 Å². The van der Waals surface area contributed by atoms with Crippen molar-refractivity contribution < 1.29 is 9.13 Å². The molecule has 0 spiro atoms. The molecule has 1 aliphatic heterocycles. The van der Waals surface area contributed by atoms with E-state index in [1.54, 1.807) is 12.1 Å². The number of thiophene rings is 1. The fraction of sp³-hybridized carbons (Fsp3) is 0.250. The Morgan fingerprint density at radius 2 is 1.94 bits per heavy atom. The van der Waals surface area contributed by atoms with E-state index in [1.165, 1.54) is 23.5 Å². The molecule has 5 rings (SSSR count). The topological polar surface area (TPSA) is 58.2 Å². The van der Waals surface area contributed by atoms with Crippen molar-refractivity contribution in [3.05, 3.63) is 88.2 Å². The van der Waals surface area contributed by atoms with Gasteiger partial charge in [-0.25, -0.2) is 9.37 Å². The van der Waals surface area contributed by atoms with Crippen LogP contribution in [0, 0.1) is 5.82 Å². The maximum atomic E-state index is 13.2. The van der Waals surface area contributed by atoms with Crippen molar-refractivity contribution in [1.82, 2.24) is 14.9 Å². The minimum Gasteiger partial charge on any atom is -0.368 e. The first-order chi connectivity index (χ1) is 15.0. The smallest absolute Gasteiger partial charge is 0.268 e. The molecule has 0 saturated carbocycles. The number of aromatic amines is 1. The van der Waals surface area contributed by atoms with Crippen molar-refractivity contribution in [3.63, 3.8) is 0 Å². The van der Waals surface area contributed by atoms with Crippen LogP contribution in [0.15, 0.2) is 65.5 Å². The summed E-state index contributed by atoms with van der Waals surface area (Å²) in [4.78, 5) is 23.5. The van der Waals surface area contributed by atoms with Crippen LogP contribution in [0.3, 0.4) is 0 Å². The molecule has 1 N–H and O–H groups in total. The van der Waals surface area contributed by atoms with E-state index in [0.717, 1.165) is 29.1 Å². The lowest BCUT2D eigenvalue weighted by molar-refractivity contribution is -0.0819. The highest BCUT2D eigenvalue weighted by atomic mass is 32.1. The molecule has 7 heteroatoms. The van der Waals surface area contributed by atoms with Gasteiger partial charge in [-0.2, -0.15) is 0 Å². The minimum atomic E-state index is -0.281. The Morgan fingerprint density at radius 1 is 1.16 bits per heavy atom. The number of benzene rings is 2. The molecular weight excluding hydrogens is 413 g/mol. The molecule has 158 valence electrons. The monoisotopic (exact) mass is 435 g/mol. The summed E-state index contributed by atoms with van der Waals surface area (Å²) in [6.45, 7) is 4.12. The van der Waals surface area contributed by atoms with Gasteiger partial charge >= 0.3 is 0 Å². The zero-order valence-corrected chi connectivity index (χ0v) is 17.9.